The maximum absolute atomic E-state index is 6.14. The van der Waals surface area contributed by atoms with Crippen molar-refractivity contribution in [2.75, 3.05) is 0 Å². The van der Waals surface area contributed by atoms with Crippen LogP contribution in [0.5, 0.6) is 0 Å². The van der Waals surface area contributed by atoms with Gasteiger partial charge in [0, 0.05) is 5.02 Å². The molecule has 0 aromatic heterocycles. The molecule has 0 saturated heterocycles. The van der Waals surface area contributed by atoms with Crippen molar-refractivity contribution >= 4 is 33.1 Å². The number of hydrogen-bond acceptors (Lipinski definition) is 0. The van der Waals surface area contributed by atoms with Crippen molar-refractivity contribution in [3.8, 4) is 11.1 Å². The summed E-state index contributed by atoms with van der Waals surface area (Å²) in [4.78, 5) is 0. The van der Waals surface area contributed by atoms with Crippen molar-refractivity contribution in [3.63, 3.8) is 0 Å². The van der Waals surface area contributed by atoms with E-state index >= 15 is 0 Å². The van der Waals surface area contributed by atoms with Crippen LogP contribution in [-0.2, 0) is 6.42 Å². The van der Waals surface area contributed by atoms with Crippen molar-refractivity contribution in [1.29, 1.82) is 0 Å². The van der Waals surface area contributed by atoms with Crippen molar-refractivity contribution in [2.45, 2.75) is 26.2 Å². The monoisotopic (exact) mass is 344 g/mol. The van der Waals surface area contributed by atoms with Gasteiger partial charge in [-0.15, -0.1) is 0 Å². The SMILES string of the molecule is CCCCc1cccc2cc3ccccc3c(-c3ccc(Cl)cc3)c12. The van der Waals surface area contributed by atoms with E-state index in [-0.39, 0.29) is 0 Å². The number of hydrogen-bond donors (Lipinski definition) is 0. The molecule has 0 nitrogen and oxygen atoms in total. The number of aryl methyl sites for hydroxylation is 1. The Hall–Kier alpha value is -2.31. The Kier molecular flexibility index (Phi) is 4.46. The smallest absolute Gasteiger partial charge is 0.0406 e. The van der Waals surface area contributed by atoms with E-state index in [1.54, 1.807) is 0 Å². The first kappa shape index (κ1) is 16.2. The number of halogens is 1. The minimum Gasteiger partial charge on any atom is -0.0843 e. The van der Waals surface area contributed by atoms with Crippen LogP contribution in [0.3, 0.4) is 0 Å². The van der Waals surface area contributed by atoms with Crippen LogP contribution in [0.15, 0.2) is 72.8 Å². The molecule has 124 valence electrons. The quantitative estimate of drug-likeness (QED) is 0.333. The third kappa shape index (κ3) is 3.03. The van der Waals surface area contributed by atoms with E-state index in [1.165, 1.54) is 51.1 Å². The molecule has 0 amide bonds. The summed E-state index contributed by atoms with van der Waals surface area (Å²) in [6.07, 6.45) is 3.54. The van der Waals surface area contributed by atoms with Gasteiger partial charge in [0.15, 0.2) is 0 Å². The number of unbranched alkanes of at least 4 members (excludes halogenated alkanes) is 1. The highest BCUT2D eigenvalue weighted by atomic mass is 35.5. The molecular weight excluding hydrogens is 324 g/mol. The molecule has 0 radical (unpaired) electrons. The van der Waals surface area contributed by atoms with Crippen LogP contribution in [0.2, 0.25) is 5.02 Å². The summed E-state index contributed by atoms with van der Waals surface area (Å²) in [5, 5.41) is 6.07. The molecule has 0 aliphatic rings. The van der Waals surface area contributed by atoms with Crippen LogP contribution >= 0.6 is 11.6 Å². The fraction of sp³-hybridized carbons (Fsp3) is 0.167. The van der Waals surface area contributed by atoms with E-state index in [1.807, 2.05) is 12.1 Å². The second kappa shape index (κ2) is 6.90. The van der Waals surface area contributed by atoms with Gasteiger partial charge in [-0.3, -0.25) is 0 Å². The molecule has 4 aromatic rings. The van der Waals surface area contributed by atoms with Crippen molar-refractivity contribution < 1.29 is 0 Å². The molecule has 0 fully saturated rings. The maximum Gasteiger partial charge on any atom is 0.0406 e. The van der Waals surface area contributed by atoms with E-state index in [2.05, 4.69) is 67.6 Å². The first-order valence-electron chi connectivity index (χ1n) is 8.97. The van der Waals surface area contributed by atoms with Crippen LogP contribution in [0.4, 0.5) is 0 Å². The lowest BCUT2D eigenvalue weighted by molar-refractivity contribution is 0.799. The summed E-state index contributed by atoms with van der Waals surface area (Å²) in [5.41, 5.74) is 4.00. The lowest BCUT2D eigenvalue weighted by Crippen LogP contribution is -1.92. The van der Waals surface area contributed by atoms with E-state index < -0.39 is 0 Å². The van der Waals surface area contributed by atoms with Crippen molar-refractivity contribution in [3.05, 3.63) is 83.4 Å². The second-order valence-electron chi connectivity index (χ2n) is 6.60. The molecule has 4 rings (SSSR count). The Bertz CT molecular complexity index is 1030. The van der Waals surface area contributed by atoms with Crippen molar-refractivity contribution in [1.82, 2.24) is 0 Å². The predicted octanol–water partition coefficient (Wildman–Crippen LogP) is 7.66. The first-order chi connectivity index (χ1) is 12.3. The molecule has 0 aliphatic carbocycles. The van der Waals surface area contributed by atoms with Gasteiger partial charge in [0.2, 0.25) is 0 Å². The molecule has 0 aliphatic heterocycles. The summed E-state index contributed by atoms with van der Waals surface area (Å²) in [7, 11) is 0. The van der Waals surface area contributed by atoms with E-state index in [9.17, 15) is 0 Å². The standard InChI is InChI=1S/C24H21Cl/c1-2-3-7-17-9-6-10-20-16-19-8-4-5-11-22(19)24(23(17)20)18-12-14-21(25)15-13-18/h4-6,8-16H,2-3,7H2,1H3. The summed E-state index contributed by atoms with van der Waals surface area (Å²) in [6.45, 7) is 2.25. The summed E-state index contributed by atoms with van der Waals surface area (Å²) >= 11 is 6.14. The Labute approximate surface area is 154 Å². The van der Waals surface area contributed by atoms with Gasteiger partial charge in [-0.2, -0.15) is 0 Å². The Morgan fingerprint density at radius 3 is 2.36 bits per heavy atom. The molecule has 0 spiro atoms. The fourth-order valence-electron chi connectivity index (χ4n) is 3.69. The minimum atomic E-state index is 0.777. The van der Waals surface area contributed by atoms with Crippen LogP contribution in [0, 0.1) is 0 Å². The summed E-state index contributed by atoms with van der Waals surface area (Å²) in [5.74, 6) is 0. The molecule has 0 heterocycles. The largest absolute Gasteiger partial charge is 0.0843 e. The van der Waals surface area contributed by atoms with Crippen LogP contribution < -0.4 is 0 Å². The van der Waals surface area contributed by atoms with Gasteiger partial charge in [-0.1, -0.05) is 79.5 Å². The molecule has 1 heteroatoms. The lowest BCUT2D eigenvalue weighted by Gasteiger charge is -2.16. The first-order valence-corrected chi connectivity index (χ1v) is 9.35. The third-order valence-electron chi connectivity index (χ3n) is 4.91. The third-order valence-corrected chi connectivity index (χ3v) is 5.16. The molecule has 0 saturated carbocycles. The number of fused-ring (bicyclic) bond motifs is 2. The molecule has 25 heavy (non-hydrogen) atoms. The fourth-order valence-corrected chi connectivity index (χ4v) is 3.82. The van der Waals surface area contributed by atoms with Crippen LogP contribution in [0.1, 0.15) is 25.3 Å². The average Bonchev–Trinajstić information content (AvgIpc) is 2.65. The zero-order valence-corrected chi connectivity index (χ0v) is 15.2. The minimum absolute atomic E-state index is 0.777. The second-order valence-corrected chi connectivity index (χ2v) is 7.03. The normalized spacial score (nSPS) is 11.3. The van der Waals surface area contributed by atoms with Crippen molar-refractivity contribution in [2.24, 2.45) is 0 Å². The molecule has 0 bridgehead atoms. The lowest BCUT2D eigenvalue weighted by atomic mass is 9.88. The van der Waals surface area contributed by atoms with Gasteiger partial charge in [0.25, 0.3) is 0 Å². The van der Waals surface area contributed by atoms with Gasteiger partial charge in [-0.05, 0) is 69.3 Å². The van der Waals surface area contributed by atoms with E-state index in [4.69, 9.17) is 11.6 Å². The maximum atomic E-state index is 6.14. The highest BCUT2D eigenvalue weighted by molar-refractivity contribution is 6.30. The van der Waals surface area contributed by atoms with Crippen LogP contribution in [-0.4, -0.2) is 0 Å². The Morgan fingerprint density at radius 1 is 0.800 bits per heavy atom. The van der Waals surface area contributed by atoms with E-state index in [0.29, 0.717) is 0 Å². The van der Waals surface area contributed by atoms with Gasteiger partial charge in [-0.25, -0.2) is 0 Å². The van der Waals surface area contributed by atoms with Crippen LogP contribution in [0.25, 0.3) is 32.7 Å². The Balaban J connectivity index is 2.11. The zero-order valence-electron chi connectivity index (χ0n) is 14.4. The predicted molar refractivity (Wildman–Crippen MR) is 111 cm³/mol. The molecule has 0 atom stereocenters. The Morgan fingerprint density at radius 2 is 1.56 bits per heavy atom. The zero-order chi connectivity index (χ0) is 17.2. The topological polar surface area (TPSA) is 0 Å². The van der Waals surface area contributed by atoms with Gasteiger partial charge in [0.05, 0.1) is 0 Å². The van der Waals surface area contributed by atoms with E-state index in [0.717, 1.165) is 11.4 Å². The highest BCUT2D eigenvalue weighted by Crippen LogP contribution is 2.38. The molecule has 4 aromatic carbocycles. The summed E-state index contributed by atoms with van der Waals surface area (Å²) in [6, 6.07) is 25.9. The molecule has 0 unspecified atom stereocenters. The summed E-state index contributed by atoms with van der Waals surface area (Å²) < 4.78 is 0. The molecule has 0 N–H and O–H groups in total. The van der Waals surface area contributed by atoms with Gasteiger partial charge in [0.1, 0.15) is 0 Å². The number of benzene rings is 4. The molecular formula is C24H21Cl. The van der Waals surface area contributed by atoms with Gasteiger partial charge < -0.3 is 0 Å². The van der Waals surface area contributed by atoms with Gasteiger partial charge >= 0.3 is 0 Å². The number of rotatable bonds is 4. The average molecular weight is 345 g/mol. The highest BCUT2D eigenvalue weighted by Gasteiger charge is 2.13.